The van der Waals surface area contributed by atoms with Gasteiger partial charge in [-0.3, -0.25) is 4.79 Å². The molecular formula is C9H10Cl2N2O3PS+. The first-order chi connectivity index (χ1) is 8.31. The van der Waals surface area contributed by atoms with Gasteiger partial charge in [0, 0.05) is 11.5 Å². The third kappa shape index (κ3) is 4.82. The summed E-state index contributed by atoms with van der Waals surface area (Å²) in [6.45, 7) is -1.69. The molecule has 0 aliphatic carbocycles. The van der Waals surface area contributed by atoms with Crippen LogP contribution in [0.15, 0.2) is 40.6 Å². The highest BCUT2D eigenvalue weighted by molar-refractivity contribution is 8.04. The molecular weight excluding hydrogens is 318 g/mol. The summed E-state index contributed by atoms with van der Waals surface area (Å²) in [6, 6.07) is 5.81. The maximum absolute atomic E-state index is 11.7. The van der Waals surface area contributed by atoms with Gasteiger partial charge in [-0.2, -0.15) is 0 Å². The molecule has 0 fully saturated rings. The van der Waals surface area contributed by atoms with Crippen LogP contribution >= 0.6 is 29.3 Å². The molecule has 0 aromatic heterocycles. The Morgan fingerprint density at radius 1 is 1.28 bits per heavy atom. The van der Waals surface area contributed by atoms with Crippen LogP contribution in [-0.4, -0.2) is 14.3 Å². The molecule has 0 spiro atoms. The topological polar surface area (TPSA) is 89.3 Å². The number of hydrogen-bond donors (Lipinski definition) is 2. The van der Waals surface area contributed by atoms with Crippen molar-refractivity contribution < 1.29 is 13.2 Å². The van der Waals surface area contributed by atoms with E-state index in [0.29, 0.717) is 5.69 Å². The molecule has 1 aromatic rings. The third-order valence-corrected chi connectivity index (χ3v) is 4.30. The first-order valence-corrected chi connectivity index (χ1v) is 9.66. The van der Waals surface area contributed by atoms with Crippen LogP contribution in [0.3, 0.4) is 0 Å². The molecule has 0 aliphatic rings. The van der Waals surface area contributed by atoms with Crippen LogP contribution in [0.2, 0.25) is 0 Å². The van der Waals surface area contributed by atoms with Crippen molar-refractivity contribution in [2.24, 2.45) is 5.73 Å². The van der Waals surface area contributed by atoms with Gasteiger partial charge in [-0.25, -0.2) is 13.5 Å². The zero-order chi connectivity index (χ0) is 13.8. The molecule has 5 nitrogen and oxygen atoms in total. The van der Waals surface area contributed by atoms with Gasteiger partial charge in [0.15, 0.2) is 9.84 Å². The highest BCUT2D eigenvalue weighted by Crippen LogP contribution is 2.46. The fraction of sp³-hybridized carbons (Fsp3) is 0. The molecule has 0 aliphatic heterocycles. The molecule has 0 heterocycles. The van der Waals surface area contributed by atoms with E-state index in [2.05, 4.69) is 5.09 Å². The smallest absolute Gasteiger partial charge is 0.287 e. The van der Waals surface area contributed by atoms with Crippen LogP contribution in [0.1, 0.15) is 0 Å². The lowest BCUT2D eigenvalue weighted by molar-refractivity contribution is -0.113. The van der Waals surface area contributed by atoms with Crippen molar-refractivity contribution in [1.82, 2.24) is 0 Å². The third-order valence-electron chi connectivity index (χ3n) is 1.83. The molecule has 98 valence electrons. The van der Waals surface area contributed by atoms with Crippen molar-refractivity contribution in [3.05, 3.63) is 35.7 Å². The van der Waals surface area contributed by atoms with E-state index in [1.54, 1.807) is 0 Å². The Morgan fingerprint density at radius 3 is 2.28 bits per heavy atom. The second-order valence-corrected chi connectivity index (χ2v) is 8.61. The van der Waals surface area contributed by atoms with E-state index in [-0.39, 0.29) is 4.90 Å². The molecule has 18 heavy (non-hydrogen) atoms. The van der Waals surface area contributed by atoms with E-state index in [1.165, 1.54) is 24.3 Å². The lowest BCUT2D eigenvalue weighted by atomic mass is 10.3. The maximum Gasteiger partial charge on any atom is 0.287 e. The standard InChI is InChI=1S/C9H9Cl2N2O3PS/c10-17(11)13-7-1-3-8(4-2-7)18(15,16)6-5-9(12)14/h1-6,13H,(H2,12,14)/p+1. The molecule has 3 N–H and O–H groups in total. The zero-order valence-electron chi connectivity index (χ0n) is 8.93. The van der Waals surface area contributed by atoms with E-state index >= 15 is 0 Å². The number of nitrogens with two attached hydrogens (primary N) is 1. The molecule has 0 saturated carbocycles. The van der Waals surface area contributed by atoms with Crippen molar-refractivity contribution >= 4 is 50.7 Å². The summed E-state index contributed by atoms with van der Waals surface area (Å²) in [6.07, 6.45) is 0.792. The average Bonchev–Trinajstić information content (AvgIpc) is 2.26. The first kappa shape index (κ1) is 15.2. The molecule has 0 saturated heterocycles. The van der Waals surface area contributed by atoms with Gasteiger partial charge in [-0.1, -0.05) is 0 Å². The summed E-state index contributed by atoms with van der Waals surface area (Å²) in [5.41, 5.74) is 5.45. The van der Waals surface area contributed by atoms with E-state index < -0.39 is 22.5 Å². The lowest BCUT2D eigenvalue weighted by Crippen LogP contribution is -2.07. The van der Waals surface area contributed by atoms with E-state index in [0.717, 1.165) is 11.5 Å². The van der Waals surface area contributed by atoms with Gasteiger partial charge in [0.1, 0.15) is 22.5 Å². The highest BCUT2D eigenvalue weighted by atomic mass is 35.9. The Bertz CT molecular complexity index is 558. The van der Waals surface area contributed by atoms with Gasteiger partial charge >= 0.3 is 0 Å². The largest absolute Gasteiger partial charge is 0.366 e. The van der Waals surface area contributed by atoms with Gasteiger partial charge in [0.25, 0.3) is 6.78 Å². The number of amides is 1. The Labute approximate surface area is 115 Å². The normalized spacial score (nSPS) is 11.9. The van der Waals surface area contributed by atoms with Crippen molar-refractivity contribution in [3.8, 4) is 0 Å². The molecule has 1 amide bonds. The van der Waals surface area contributed by atoms with Crippen LogP contribution < -0.4 is 10.8 Å². The Balaban J connectivity index is 2.94. The molecule has 0 atom stereocenters. The number of rotatable bonds is 5. The van der Waals surface area contributed by atoms with Crippen molar-refractivity contribution in [1.29, 1.82) is 0 Å². The molecule has 1 rings (SSSR count). The fourth-order valence-electron chi connectivity index (χ4n) is 1.07. The number of sulfone groups is 1. The number of anilines is 1. The molecule has 1 aromatic carbocycles. The Kier molecular flexibility index (Phi) is 5.41. The fourth-order valence-corrected chi connectivity index (χ4v) is 3.10. The lowest BCUT2D eigenvalue weighted by Gasteiger charge is -2.02. The summed E-state index contributed by atoms with van der Waals surface area (Å²) in [7, 11) is -3.67. The van der Waals surface area contributed by atoms with Gasteiger partial charge in [0.05, 0.1) is 10.6 Å². The monoisotopic (exact) mass is 327 g/mol. The minimum absolute atomic E-state index is 0.0449. The first-order valence-electron chi connectivity index (χ1n) is 4.59. The zero-order valence-corrected chi connectivity index (χ0v) is 12.3. The van der Waals surface area contributed by atoms with E-state index in [9.17, 15) is 13.2 Å². The number of carbonyl (C=O) groups is 1. The minimum atomic E-state index is -3.67. The predicted molar refractivity (Wildman–Crippen MR) is 75.6 cm³/mol. The summed E-state index contributed by atoms with van der Waals surface area (Å²) in [4.78, 5) is 10.5. The molecule has 0 radical (unpaired) electrons. The number of halogens is 2. The van der Waals surface area contributed by atoms with Crippen LogP contribution in [0.4, 0.5) is 5.69 Å². The second kappa shape index (κ2) is 6.38. The van der Waals surface area contributed by atoms with Crippen molar-refractivity contribution in [2.75, 3.05) is 5.09 Å². The van der Waals surface area contributed by atoms with E-state index in [1.807, 2.05) is 0 Å². The van der Waals surface area contributed by atoms with Gasteiger partial charge in [0.2, 0.25) is 5.91 Å². The average molecular weight is 328 g/mol. The van der Waals surface area contributed by atoms with Gasteiger partial charge in [-0.15, -0.1) is 0 Å². The second-order valence-electron chi connectivity index (χ2n) is 3.16. The summed E-state index contributed by atoms with van der Waals surface area (Å²) in [5.74, 6) is -0.826. The number of benzene rings is 1. The quantitative estimate of drug-likeness (QED) is 0.641. The van der Waals surface area contributed by atoms with Crippen LogP contribution in [0.25, 0.3) is 0 Å². The van der Waals surface area contributed by atoms with Crippen LogP contribution in [0, 0.1) is 0 Å². The number of nitrogens with one attached hydrogen (secondary N) is 1. The summed E-state index contributed by atoms with van der Waals surface area (Å²) >= 11 is 11.2. The van der Waals surface area contributed by atoms with Crippen molar-refractivity contribution in [3.63, 3.8) is 0 Å². The Morgan fingerprint density at radius 2 is 1.83 bits per heavy atom. The number of primary amides is 1. The number of carbonyl (C=O) groups excluding carboxylic acids is 1. The van der Waals surface area contributed by atoms with Gasteiger partial charge < -0.3 is 5.73 Å². The van der Waals surface area contributed by atoms with E-state index in [4.69, 9.17) is 28.2 Å². The summed E-state index contributed by atoms with van der Waals surface area (Å²) in [5, 5.41) is 3.54. The summed E-state index contributed by atoms with van der Waals surface area (Å²) < 4.78 is 23.4. The predicted octanol–water partition coefficient (Wildman–Crippen LogP) is 2.31. The molecule has 9 heteroatoms. The SMILES string of the molecule is NC(=O)C=CS(=O)(=O)c1ccc(N[PH+](Cl)Cl)cc1. The van der Waals surface area contributed by atoms with Crippen LogP contribution in [-0.2, 0) is 14.6 Å². The van der Waals surface area contributed by atoms with Crippen molar-refractivity contribution in [2.45, 2.75) is 4.90 Å². The molecule has 0 bridgehead atoms. The molecule has 0 unspecified atom stereocenters. The Hall–Kier alpha value is -0.810. The maximum atomic E-state index is 11.7. The minimum Gasteiger partial charge on any atom is -0.366 e. The van der Waals surface area contributed by atoms with Gasteiger partial charge in [-0.05, 0) is 24.3 Å². The van der Waals surface area contributed by atoms with Crippen LogP contribution in [0.5, 0.6) is 0 Å². The number of hydrogen-bond acceptors (Lipinski definition) is 4. The highest BCUT2D eigenvalue weighted by Gasteiger charge is 2.12.